The van der Waals surface area contributed by atoms with Crippen molar-refractivity contribution in [1.29, 1.82) is 0 Å². The van der Waals surface area contributed by atoms with Gasteiger partial charge in [0.2, 0.25) is 0 Å². The minimum absolute atomic E-state index is 0.127. The summed E-state index contributed by atoms with van der Waals surface area (Å²) in [5, 5.41) is 0. The molecule has 37 heavy (non-hydrogen) atoms. The van der Waals surface area contributed by atoms with Crippen LogP contribution in [0.1, 0.15) is 135 Å². The fourth-order valence-corrected chi connectivity index (χ4v) is 7.05. The summed E-state index contributed by atoms with van der Waals surface area (Å²) >= 11 is 0. The van der Waals surface area contributed by atoms with Crippen molar-refractivity contribution in [2.24, 2.45) is 5.41 Å². The van der Waals surface area contributed by atoms with E-state index in [1.165, 1.54) is 66.3 Å². The summed E-state index contributed by atoms with van der Waals surface area (Å²) in [4.78, 5) is 0. The van der Waals surface area contributed by atoms with Crippen LogP contribution in [-0.4, -0.2) is 0 Å². The van der Waals surface area contributed by atoms with Crippen molar-refractivity contribution in [3.05, 3.63) is 81.4 Å². The molecule has 1 saturated carbocycles. The predicted molar refractivity (Wildman–Crippen MR) is 162 cm³/mol. The van der Waals surface area contributed by atoms with Gasteiger partial charge >= 0.3 is 0 Å². The van der Waals surface area contributed by atoms with Crippen LogP contribution in [0.3, 0.4) is 0 Å². The van der Waals surface area contributed by atoms with E-state index in [4.69, 9.17) is 0 Å². The van der Waals surface area contributed by atoms with Crippen molar-refractivity contribution in [2.45, 2.75) is 130 Å². The van der Waals surface area contributed by atoms with Crippen molar-refractivity contribution < 1.29 is 0 Å². The number of allylic oxidation sites excluding steroid dienone is 4. The van der Waals surface area contributed by atoms with Gasteiger partial charge in [0.05, 0.1) is 0 Å². The highest BCUT2D eigenvalue weighted by molar-refractivity contribution is 5.80. The summed E-state index contributed by atoms with van der Waals surface area (Å²) in [5.74, 6) is 0. The number of fused-ring (bicyclic) bond motifs is 3. The van der Waals surface area contributed by atoms with Gasteiger partial charge in [-0.05, 0) is 92.9 Å². The molecule has 0 bridgehead atoms. The van der Waals surface area contributed by atoms with E-state index in [0.717, 1.165) is 12.8 Å². The van der Waals surface area contributed by atoms with E-state index in [1.54, 1.807) is 22.3 Å². The van der Waals surface area contributed by atoms with E-state index in [9.17, 15) is 0 Å². The maximum absolute atomic E-state index is 2.66. The Morgan fingerprint density at radius 2 is 1.41 bits per heavy atom. The number of benzene rings is 2. The molecule has 3 aliphatic rings. The van der Waals surface area contributed by atoms with E-state index < -0.39 is 0 Å². The summed E-state index contributed by atoms with van der Waals surface area (Å²) in [6, 6.07) is 12.5. The van der Waals surface area contributed by atoms with Crippen molar-refractivity contribution in [1.82, 2.24) is 0 Å². The van der Waals surface area contributed by atoms with Gasteiger partial charge in [-0.25, -0.2) is 0 Å². The first-order valence-electron chi connectivity index (χ1n) is 15.0. The number of hydrogen-bond acceptors (Lipinski definition) is 0. The summed E-state index contributed by atoms with van der Waals surface area (Å²) in [6.07, 6.45) is 15.3. The molecule has 0 amide bonds. The molecule has 0 heterocycles. The molecule has 0 nitrogen and oxygen atoms in total. The lowest BCUT2D eigenvalue weighted by molar-refractivity contribution is 0.334. The van der Waals surface area contributed by atoms with Crippen LogP contribution in [-0.2, 0) is 22.7 Å². The molecular weight excluding hydrogens is 444 g/mol. The summed E-state index contributed by atoms with van der Waals surface area (Å²) < 4.78 is 0. The van der Waals surface area contributed by atoms with Crippen molar-refractivity contribution in [2.75, 3.05) is 0 Å². The summed E-state index contributed by atoms with van der Waals surface area (Å²) in [6.45, 7) is 21.4. The molecule has 0 radical (unpaired) electrons. The Hall–Kier alpha value is -2.08. The zero-order chi connectivity index (χ0) is 26.8. The molecule has 2 aromatic carbocycles. The molecule has 1 fully saturated rings. The quantitative estimate of drug-likeness (QED) is 0.338. The van der Waals surface area contributed by atoms with Crippen LogP contribution in [0.4, 0.5) is 0 Å². The third-order valence-corrected chi connectivity index (χ3v) is 10.1. The van der Waals surface area contributed by atoms with Crippen LogP contribution < -0.4 is 0 Å². The summed E-state index contributed by atoms with van der Waals surface area (Å²) in [7, 11) is 0. The monoisotopic (exact) mass is 494 g/mol. The second-order valence-electron chi connectivity index (χ2n) is 15.0. The fourth-order valence-electron chi connectivity index (χ4n) is 7.05. The van der Waals surface area contributed by atoms with Gasteiger partial charge in [0.1, 0.15) is 0 Å². The van der Waals surface area contributed by atoms with Crippen molar-refractivity contribution in [3.63, 3.8) is 0 Å². The molecule has 198 valence electrons. The van der Waals surface area contributed by atoms with Gasteiger partial charge < -0.3 is 0 Å². The van der Waals surface area contributed by atoms with Gasteiger partial charge in [-0.2, -0.15) is 0 Å². The van der Waals surface area contributed by atoms with Crippen molar-refractivity contribution in [3.8, 4) is 11.1 Å². The van der Waals surface area contributed by atoms with Crippen LogP contribution >= 0.6 is 0 Å². The molecule has 0 saturated heterocycles. The van der Waals surface area contributed by atoms with Gasteiger partial charge in [-0.15, -0.1) is 0 Å². The van der Waals surface area contributed by atoms with E-state index >= 15 is 0 Å². The van der Waals surface area contributed by atoms with Gasteiger partial charge in [0.25, 0.3) is 0 Å². The SMILES string of the molecule is CCC(C)(C)C1=CCC(C2(c3cc(C(C)(C)C)cc4c3Cc3ccc(C(C)(C)C)cc3-4)CCCCC2)=C1. The first kappa shape index (κ1) is 26.5. The lowest BCUT2D eigenvalue weighted by atomic mass is 9.62. The second kappa shape index (κ2) is 9.00. The Morgan fingerprint density at radius 1 is 0.757 bits per heavy atom. The highest BCUT2D eigenvalue weighted by atomic mass is 14.5. The third-order valence-electron chi connectivity index (χ3n) is 10.1. The standard InChI is InChI=1S/C37H50/c1-10-36(8,9)27-16-17-28(21-27)37(18-12-11-13-19-37)33-24-29(35(5,6)7)23-31-30-22-26(34(2,3)4)15-14-25(30)20-32(31)33/h14-16,21-24H,10-13,17-20H2,1-9H3. The normalized spacial score (nSPS) is 19.4. The molecule has 5 rings (SSSR count). The molecule has 0 atom stereocenters. The first-order valence-corrected chi connectivity index (χ1v) is 15.0. The summed E-state index contributed by atoms with van der Waals surface area (Å²) in [5.41, 5.74) is 14.8. The topological polar surface area (TPSA) is 0 Å². The zero-order valence-corrected chi connectivity index (χ0v) is 25.2. The molecule has 0 unspecified atom stereocenters. The van der Waals surface area contributed by atoms with Crippen molar-refractivity contribution >= 4 is 0 Å². The highest BCUT2D eigenvalue weighted by Gasteiger charge is 2.42. The third kappa shape index (κ3) is 4.57. The molecule has 3 aliphatic carbocycles. The first-order chi connectivity index (χ1) is 17.3. The van der Waals surface area contributed by atoms with Crippen LogP contribution in [0.5, 0.6) is 0 Å². The maximum Gasteiger partial charge on any atom is 0.0171 e. The molecule has 0 spiro atoms. The van der Waals surface area contributed by atoms with Gasteiger partial charge in [-0.1, -0.05) is 130 Å². The Bertz CT molecular complexity index is 1260. The molecular formula is C37H50. The van der Waals surface area contributed by atoms with Gasteiger partial charge in [-0.3, -0.25) is 0 Å². The van der Waals surface area contributed by atoms with Crippen LogP contribution in [0.15, 0.2) is 53.6 Å². The number of rotatable bonds is 4. The average Bonchev–Trinajstić information content (AvgIpc) is 3.48. The van der Waals surface area contributed by atoms with E-state index in [0.29, 0.717) is 0 Å². The Balaban J connectivity index is 1.73. The lowest BCUT2D eigenvalue weighted by Crippen LogP contribution is -2.33. The Morgan fingerprint density at radius 3 is 2.03 bits per heavy atom. The second-order valence-corrected chi connectivity index (χ2v) is 15.0. The molecule has 2 aromatic rings. The van der Waals surface area contributed by atoms with E-state index in [1.807, 2.05) is 0 Å². The van der Waals surface area contributed by atoms with E-state index in [2.05, 4.69) is 105 Å². The minimum atomic E-state index is 0.127. The smallest absolute Gasteiger partial charge is 0.0171 e. The molecule has 0 aliphatic heterocycles. The molecule has 0 N–H and O–H groups in total. The Labute approximate surface area is 227 Å². The molecule has 0 aromatic heterocycles. The maximum atomic E-state index is 2.66. The number of hydrogen-bond donors (Lipinski definition) is 0. The fraction of sp³-hybridized carbons (Fsp3) is 0.568. The van der Waals surface area contributed by atoms with Gasteiger partial charge in [0.15, 0.2) is 0 Å². The average molecular weight is 495 g/mol. The van der Waals surface area contributed by atoms with Gasteiger partial charge in [0, 0.05) is 5.41 Å². The van der Waals surface area contributed by atoms with E-state index in [-0.39, 0.29) is 21.7 Å². The minimum Gasteiger partial charge on any atom is -0.0767 e. The largest absolute Gasteiger partial charge is 0.0767 e. The van der Waals surface area contributed by atoms with Crippen LogP contribution in [0, 0.1) is 5.41 Å². The predicted octanol–water partition coefficient (Wildman–Crippen LogP) is 10.7. The highest BCUT2D eigenvalue weighted by Crippen LogP contribution is 2.54. The Kier molecular flexibility index (Phi) is 6.45. The lowest BCUT2D eigenvalue weighted by Gasteiger charge is -2.42. The van der Waals surface area contributed by atoms with Crippen LogP contribution in [0.2, 0.25) is 0 Å². The zero-order valence-electron chi connectivity index (χ0n) is 25.2. The molecule has 0 heteroatoms. The van der Waals surface area contributed by atoms with Crippen LogP contribution in [0.25, 0.3) is 11.1 Å².